The normalized spacial score (nSPS) is 16.5. The van der Waals surface area contributed by atoms with E-state index in [0.717, 1.165) is 36.5 Å². The highest BCUT2D eigenvalue weighted by Crippen LogP contribution is 2.30. The van der Waals surface area contributed by atoms with E-state index in [4.69, 9.17) is 4.98 Å². The SMILES string of the molecule is O=C(CCc1nc2c(s1)CCCC2)N1CCc2ccccc21. The summed E-state index contributed by atoms with van der Waals surface area (Å²) in [5.74, 6) is 0.234. The number of aryl methyl sites for hydroxylation is 3. The van der Waals surface area contributed by atoms with E-state index in [2.05, 4.69) is 12.1 Å². The Morgan fingerprint density at radius 2 is 2.05 bits per heavy atom. The van der Waals surface area contributed by atoms with E-state index >= 15 is 0 Å². The number of rotatable bonds is 3. The molecule has 1 amide bonds. The van der Waals surface area contributed by atoms with Crippen LogP contribution in [0.25, 0.3) is 0 Å². The average molecular weight is 312 g/mol. The smallest absolute Gasteiger partial charge is 0.227 e. The van der Waals surface area contributed by atoms with Crippen molar-refractivity contribution in [2.45, 2.75) is 44.9 Å². The highest BCUT2D eigenvalue weighted by molar-refractivity contribution is 7.11. The van der Waals surface area contributed by atoms with E-state index in [1.165, 1.54) is 35.4 Å². The number of amides is 1. The summed E-state index contributed by atoms with van der Waals surface area (Å²) < 4.78 is 0. The van der Waals surface area contributed by atoms with Crippen LogP contribution in [0.1, 0.15) is 40.4 Å². The Morgan fingerprint density at radius 1 is 1.18 bits per heavy atom. The standard InChI is InChI=1S/C18H20N2OS/c21-18(20-12-11-13-5-1-3-7-15(13)20)10-9-17-19-14-6-2-4-8-16(14)22-17/h1,3,5,7H,2,4,6,8-12H2. The van der Waals surface area contributed by atoms with Crippen molar-refractivity contribution in [3.05, 3.63) is 45.4 Å². The van der Waals surface area contributed by atoms with Crippen LogP contribution in [-0.4, -0.2) is 17.4 Å². The van der Waals surface area contributed by atoms with Gasteiger partial charge in [0.25, 0.3) is 0 Å². The summed E-state index contributed by atoms with van der Waals surface area (Å²) in [6.07, 6.45) is 7.20. The van der Waals surface area contributed by atoms with E-state index < -0.39 is 0 Å². The molecule has 2 heterocycles. The zero-order valence-corrected chi connectivity index (χ0v) is 13.5. The number of nitrogens with zero attached hydrogens (tertiary/aromatic N) is 2. The van der Waals surface area contributed by atoms with E-state index in [-0.39, 0.29) is 5.91 Å². The predicted octanol–water partition coefficient (Wildman–Crippen LogP) is 3.54. The Bertz CT molecular complexity index is 683. The number of hydrogen-bond donors (Lipinski definition) is 0. The molecular weight excluding hydrogens is 292 g/mol. The molecule has 0 unspecified atom stereocenters. The second-order valence-corrected chi connectivity index (χ2v) is 7.28. The molecular formula is C18H20N2OS. The number of aromatic nitrogens is 1. The zero-order chi connectivity index (χ0) is 14.9. The first kappa shape index (κ1) is 13.9. The fraction of sp³-hybridized carbons (Fsp3) is 0.444. The third kappa shape index (κ3) is 2.56. The largest absolute Gasteiger partial charge is 0.312 e. The number of hydrogen-bond acceptors (Lipinski definition) is 3. The van der Waals surface area contributed by atoms with Gasteiger partial charge in [-0.3, -0.25) is 4.79 Å². The van der Waals surface area contributed by atoms with Crippen molar-refractivity contribution in [3.63, 3.8) is 0 Å². The topological polar surface area (TPSA) is 33.2 Å². The van der Waals surface area contributed by atoms with Gasteiger partial charge in [0.05, 0.1) is 10.7 Å². The maximum absolute atomic E-state index is 12.5. The first-order valence-electron chi connectivity index (χ1n) is 8.17. The van der Waals surface area contributed by atoms with Gasteiger partial charge in [0, 0.05) is 30.0 Å². The molecule has 1 aromatic heterocycles. The van der Waals surface area contributed by atoms with Crippen LogP contribution in [0, 0.1) is 0 Å². The average Bonchev–Trinajstić information content (AvgIpc) is 3.16. The van der Waals surface area contributed by atoms with E-state index in [1.54, 1.807) is 0 Å². The molecule has 1 aliphatic carbocycles. The van der Waals surface area contributed by atoms with Crippen LogP contribution >= 0.6 is 11.3 Å². The van der Waals surface area contributed by atoms with Crippen LogP contribution in [0.4, 0.5) is 5.69 Å². The fourth-order valence-corrected chi connectivity index (χ4v) is 4.61. The lowest BCUT2D eigenvalue weighted by molar-refractivity contribution is -0.118. The van der Waals surface area contributed by atoms with Crippen LogP contribution in [0.2, 0.25) is 0 Å². The molecule has 0 radical (unpaired) electrons. The minimum Gasteiger partial charge on any atom is -0.312 e. The van der Waals surface area contributed by atoms with Crippen LogP contribution in [0.5, 0.6) is 0 Å². The van der Waals surface area contributed by atoms with Gasteiger partial charge in [-0.2, -0.15) is 0 Å². The molecule has 0 saturated heterocycles. The second kappa shape index (κ2) is 5.84. The summed E-state index contributed by atoms with van der Waals surface area (Å²) in [6, 6.07) is 8.24. The third-order valence-corrected chi connectivity index (χ3v) is 5.85. The molecule has 0 saturated carbocycles. The van der Waals surface area contributed by atoms with Crippen LogP contribution in [-0.2, 0) is 30.5 Å². The molecule has 4 heteroatoms. The number of benzene rings is 1. The minimum absolute atomic E-state index is 0.234. The molecule has 114 valence electrons. The van der Waals surface area contributed by atoms with Crippen LogP contribution in [0.3, 0.4) is 0 Å². The van der Waals surface area contributed by atoms with E-state index in [0.29, 0.717) is 6.42 Å². The van der Waals surface area contributed by atoms with Gasteiger partial charge in [0.2, 0.25) is 5.91 Å². The number of fused-ring (bicyclic) bond motifs is 2. The van der Waals surface area contributed by atoms with Crippen molar-refractivity contribution >= 4 is 22.9 Å². The Morgan fingerprint density at radius 3 is 2.95 bits per heavy atom. The monoisotopic (exact) mass is 312 g/mol. The predicted molar refractivity (Wildman–Crippen MR) is 89.6 cm³/mol. The number of para-hydroxylation sites is 1. The Kier molecular flexibility index (Phi) is 3.70. The summed E-state index contributed by atoms with van der Waals surface area (Å²) >= 11 is 1.82. The first-order chi connectivity index (χ1) is 10.8. The number of anilines is 1. The van der Waals surface area contributed by atoms with Gasteiger partial charge in [0.1, 0.15) is 0 Å². The molecule has 0 spiro atoms. The Labute approximate surface area is 135 Å². The molecule has 2 aliphatic rings. The fourth-order valence-electron chi connectivity index (χ4n) is 3.46. The number of thiazole rings is 1. The van der Waals surface area contributed by atoms with Crippen molar-refractivity contribution in [1.82, 2.24) is 4.98 Å². The maximum Gasteiger partial charge on any atom is 0.227 e. The van der Waals surface area contributed by atoms with Crippen molar-refractivity contribution in [2.75, 3.05) is 11.4 Å². The van der Waals surface area contributed by atoms with Gasteiger partial charge < -0.3 is 4.90 Å². The molecule has 0 N–H and O–H groups in total. The van der Waals surface area contributed by atoms with Gasteiger partial charge in [-0.15, -0.1) is 11.3 Å². The third-order valence-electron chi connectivity index (χ3n) is 4.63. The quantitative estimate of drug-likeness (QED) is 0.868. The lowest BCUT2D eigenvalue weighted by Gasteiger charge is -2.16. The van der Waals surface area contributed by atoms with Gasteiger partial charge >= 0.3 is 0 Å². The molecule has 4 rings (SSSR count). The number of carbonyl (C=O) groups is 1. The first-order valence-corrected chi connectivity index (χ1v) is 8.98. The maximum atomic E-state index is 12.5. The lowest BCUT2D eigenvalue weighted by Crippen LogP contribution is -2.29. The summed E-state index contributed by atoms with van der Waals surface area (Å²) in [7, 11) is 0. The Hall–Kier alpha value is -1.68. The molecule has 1 aromatic carbocycles. The summed E-state index contributed by atoms with van der Waals surface area (Å²) in [5.41, 5.74) is 3.69. The minimum atomic E-state index is 0.234. The van der Waals surface area contributed by atoms with Crippen molar-refractivity contribution in [2.24, 2.45) is 0 Å². The molecule has 3 nitrogen and oxygen atoms in total. The molecule has 0 bridgehead atoms. The van der Waals surface area contributed by atoms with Gasteiger partial charge in [-0.25, -0.2) is 4.98 Å². The Balaban J connectivity index is 1.42. The van der Waals surface area contributed by atoms with E-state index in [9.17, 15) is 4.79 Å². The van der Waals surface area contributed by atoms with Gasteiger partial charge in [-0.1, -0.05) is 18.2 Å². The van der Waals surface area contributed by atoms with Crippen molar-refractivity contribution in [1.29, 1.82) is 0 Å². The van der Waals surface area contributed by atoms with Crippen LogP contribution < -0.4 is 4.90 Å². The van der Waals surface area contributed by atoms with Crippen LogP contribution in [0.15, 0.2) is 24.3 Å². The molecule has 0 fully saturated rings. The van der Waals surface area contributed by atoms with Crippen molar-refractivity contribution < 1.29 is 4.79 Å². The van der Waals surface area contributed by atoms with Gasteiger partial charge in [-0.05, 0) is 43.7 Å². The number of carbonyl (C=O) groups excluding carboxylic acids is 1. The lowest BCUT2D eigenvalue weighted by atomic mass is 10.0. The summed E-state index contributed by atoms with van der Waals surface area (Å²) in [6.45, 7) is 0.826. The molecule has 0 atom stereocenters. The van der Waals surface area contributed by atoms with E-state index in [1.807, 2.05) is 28.4 Å². The summed E-state index contributed by atoms with van der Waals surface area (Å²) in [5, 5.41) is 1.15. The van der Waals surface area contributed by atoms with Crippen molar-refractivity contribution in [3.8, 4) is 0 Å². The zero-order valence-electron chi connectivity index (χ0n) is 12.7. The summed E-state index contributed by atoms with van der Waals surface area (Å²) in [4.78, 5) is 20.7. The molecule has 2 aromatic rings. The highest BCUT2D eigenvalue weighted by atomic mass is 32.1. The highest BCUT2D eigenvalue weighted by Gasteiger charge is 2.24. The molecule has 22 heavy (non-hydrogen) atoms. The molecule has 1 aliphatic heterocycles. The second-order valence-electron chi connectivity index (χ2n) is 6.11. The van der Waals surface area contributed by atoms with Gasteiger partial charge in [0.15, 0.2) is 0 Å².